The van der Waals surface area contributed by atoms with Crippen molar-refractivity contribution < 1.29 is 17.8 Å². The highest BCUT2D eigenvalue weighted by molar-refractivity contribution is 6.62. The number of quaternary nitrogens is 1. The molecule has 38 heavy (non-hydrogen) atoms. The maximum atomic E-state index is 6.63. The van der Waals surface area contributed by atoms with Gasteiger partial charge in [-0.15, -0.1) is 0 Å². The van der Waals surface area contributed by atoms with Gasteiger partial charge in [-0.3, -0.25) is 0 Å². The van der Waals surface area contributed by atoms with Crippen molar-refractivity contribution in [3.8, 4) is 0 Å². The van der Waals surface area contributed by atoms with Gasteiger partial charge in [0, 0.05) is 26.2 Å². The molecule has 0 aromatic heterocycles. The molecule has 0 spiro atoms. The molecule has 0 aliphatic heterocycles. The first-order valence-corrected chi connectivity index (χ1v) is 19.1. The molecule has 0 heterocycles. The van der Waals surface area contributed by atoms with Crippen LogP contribution in [0.3, 0.4) is 0 Å². The average Bonchev–Trinajstić information content (AvgIpc) is 2.91. The van der Waals surface area contributed by atoms with Gasteiger partial charge in [0.25, 0.3) is 0 Å². The highest BCUT2D eigenvalue weighted by Gasteiger charge is 2.58. The quantitative estimate of drug-likeness (QED) is 0.0498. The first kappa shape index (κ1) is 38.1. The normalized spacial score (nSPS) is 13.3. The molecule has 0 radical (unpaired) electrons. The molecule has 0 aromatic rings. The fraction of sp³-hybridized carbons (Fsp3) is 1.00. The van der Waals surface area contributed by atoms with Crippen LogP contribution in [0.15, 0.2) is 0 Å². The maximum Gasteiger partial charge on any atom is 0.562 e. The minimum Gasteiger partial charge on any atom is -0.370 e. The molecule has 1 unspecified atom stereocenters. The summed E-state index contributed by atoms with van der Waals surface area (Å²) in [6.45, 7) is 21.5. The first-order chi connectivity index (χ1) is 18.6. The van der Waals surface area contributed by atoms with E-state index < -0.39 is 8.80 Å². The molecule has 5 heteroatoms. The zero-order chi connectivity index (χ0) is 28.4. The van der Waals surface area contributed by atoms with Crippen LogP contribution in [0.25, 0.3) is 0 Å². The number of rotatable bonds is 30. The highest BCUT2D eigenvalue weighted by atomic mass is 28.4. The fourth-order valence-electron chi connectivity index (χ4n) is 6.41. The largest absolute Gasteiger partial charge is 0.562 e. The molecule has 230 valence electrons. The monoisotopic (exact) mass is 559 g/mol. The Balaban J connectivity index is 5.99. The highest BCUT2D eigenvalue weighted by Crippen LogP contribution is 2.32. The van der Waals surface area contributed by atoms with E-state index in [1.165, 1.54) is 135 Å². The van der Waals surface area contributed by atoms with Crippen LogP contribution in [0.5, 0.6) is 0 Å². The van der Waals surface area contributed by atoms with Crippen LogP contribution in [0, 0.1) is 0 Å². The molecule has 0 fully saturated rings. The predicted molar refractivity (Wildman–Crippen MR) is 170 cm³/mol. The minimum absolute atomic E-state index is 0.337. The van der Waals surface area contributed by atoms with Crippen molar-refractivity contribution in [2.45, 2.75) is 176 Å². The Morgan fingerprint density at radius 3 is 0.974 bits per heavy atom. The lowest BCUT2D eigenvalue weighted by molar-refractivity contribution is -0.944. The molecule has 0 amide bonds. The molecular weight excluding hydrogens is 486 g/mol. The summed E-state index contributed by atoms with van der Waals surface area (Å²) in [7, 11) is -2.83. The first-order valence-electron chi connectivity index (χ1n) is 17.3. The third-order valence-electron chi connectivity index (χ3n) is 8.36. The SMILES string of the molecule is CCCCCCCC[N+](CCCCCCCC)(CCCCCCCC)C(CC)[Si](OCC)(OCC)OCC. The second-order valence-corrected chi connectivity index (χ2v) is 14.3. The van der Waals surface area contributed by atoms with Crippen LogP contribution in [-0.2, 0) is 13.3 Å². The van der Waals surface area contributed by atoms with Gasteiger partial charge in [0.05, 0.1) is 19.6 Å². The van der Waals surface area contributed by atoms with Crippen molar-refractivity contribution in [1.82, 2.24) is 0 Å². The maximum absolute atomic E-state index is 6.63. The number of unbranched alkanes of at least 4 members (excludes halogenated alkanes) is 15. The molecule has 0 rings (SSSR count). The van der Waals surface area contributed by atoms with Gasteiger partial charge < -0.3 is 17.8 Å². The summed E-state index contributed by atoms with van der Waals surface area (Å²) in [5, 5.41) is 0. The van der Waals surface area contributed by atoms with Crippen molar-refractivity contribution in [2.24, 2.45) is 0 Å². The standard InChI is InChI=1S/C33H72NO3Si/c1-8-15-18-21-24-27-30-34(31-28-25-22-19-16-9-2,32-29-26-23-20-17-10-3)33(11-4)38(35-12-5,36-13-6)37-14-7/h33H,8-32H2,1-7H3/q+1. The van der Waals surface area contributed by atoms with Crippen molar-refractivity contribution in [1.29, 1.82) is 0 Å². The van der Waals surface area contributed by atoms with Crippen LogP contribution in [-0.4, -0.2) is 58.4 Å². The summed E-state index contributed by atoms with van der Waals surface area (Å²) >= 11 is 0. The van der Waals surface area contributed by atoms with Crippen molar-refractivity contribution in [2.75, 3.05) is 39.5 Å². The third-order valence-corrected chi connectivity index (χ3v) is 12.2. The van der Waals surface area contributed by atoms with Crippen molar-refractivity contribution >= 4 is 8.80 Å². The average molecular weight is 559 g/mol. The fourth-order valence-corrected chi connectivity index (χ4v) is 10.0. The van der Waals surface area contributed by atoms with E-state index in [1.54, 1.807) is 0 Å². The van der Waals surface area contributed by atoms with Crippen molar-refractivity contribution in [3.05, 3.63) is 0 Å². The van der Waals surface area contributed by atoms with Gasteiger partial charge in [0.1, 0.15) is 0 Å². The lowest BCUT2D eigenvalue weighted by Crippen LogP contribution is -2.71. The van der Waals surface area contributed by atoms with Gasteiger partial charge in [-0.2, -0.15) is 0 Å². The number of hydrogen-bond acceptors (Lipinski definition) is 3. The zero-order valence-electron chi connectivity index (χ0n) is 27.4. The molecule has 0 saturated carbocycles. The van der Waals surface area contributed by atoms with E-state index in [9.17, 15) is 0 Å². The van der Waals surface area contributed by atoms with Crippen LogP contribution >= 0.6 is 0 Å². The van der Waals surface area contributed by atoms with Gasteiger partial charge in [0.2, 0.25) is 0 Å². The Kier molecular flexibility index (Phi) is 26.0. The van der Waals surface area contributed by atoms with E-state index in [4.69, 9.17) is 13.3 Å². The van der Waals surface area contributed by atoms with Crippen molar-refractivity contribution in [3.63, 3.8) is 0 Å². The second kappa shape index (κ2) is 26.0. The van der Waals surface area contributed by atoms with Gasteiger partial charge >= 0.3 is 8.80 Å². The third kappa shape index (κ3) is 15.7. The van der Waals surface area contributed by atoms with Crippen LogP contribution in [0.4, 0.5) is 0 Å². The van der Waals surface area contributed by atoms with Gasteiger partial charge in [0.15, 0.2) is 5.67 Å². The molecule has 0 aromatic carbocycles. The van der Waals surface area contributed by atoms with Crippen LogP contribution in [0.2, 0.25) is 0 Å². The second-order valence-electron chi connectivity index (χ2n) is 11.5. The lowest BCUT2D eigenvalue weighted by Gasteiger charge is -2.49. The summed E-state index contributed by atoms with van der Waals surface area (Å²) in [6, 6.07) is 0. The van der Waals surface area contributed by atoms with E-state index in [0.29, 0.717) is 25.5 Å². The Labute approximate surface area is 241 Å². The van der Waals surface area contributed by atoms with E-state index in [2.05, 4.69) is 48.5 Å². The Bertz CT molecular complexity index is 433. The summed E-state index contributed by atoms with van der Waals surface area (Å²) in [6.07, 6.45) is 25.5. The Morgan fingerprint density at radius 2 is 0.711 bits per heavy atom. The van der Waals surface area contributed by atoms with E-state index >= 15 is 0 Å². The number of hydrogen-bond donors (Lipinski definition) is 0. The topological polar surface area (TPSA) is 27.7 Å². The predicted octanol–water partition coefficient (Wildman–Crippen LogP) is 10.3. The zero-order valence-corrected chi connectivity index (χ0v) is 28.4. The summed E-state index contributed by atoms with van der Waals surface area (Å²) in [5.41, 5.74) is 0.337. The van der Waals surface area contributed by atoms with Gasteiger partial charge in [-0.05, 0) is 59.3 Å². The minimum atomic E-state index is -2.83. The molecule has 0 aliphatic carbocycles. The Morgan fingerprint density at radius 1 is 0.421 bits per heavy atom. The van der Waals surface area contributed by atoms with Crippen LogP contribution < -0.4 is 0 Å². The van der Waals surface area contributed by atoms with E-state index in [0.717, 1.165) is 10.9 Å². The van der Waals surface area contributed by atoms with Gasteiger partial charge in [-0.25, -0.2) is 0 Å². The summed E-state index contributed by atoms with van der Waals surface area (Å²) in [4.78, 5) is 0. The molecule has 0 aliphatic rings. The van der Waals surface area contributed by atoms with E-state index in [-0.39, 0.29) is 0 Å². The molecular formula is C33H72NO3Si+. The van der Waals surface area contributed by atoms with E-state index in [1.807, 2.05) is 0 Å². The Hall–Kier alpha value is 0.0569. The smallest absolute Gasteiger partial charge is 0.370 e. The molecule has 1 atom stereocenters. The summed E-state index contributed by atoms with van der Waals surface area (Å²) in [5.74, 6) is 0. The van der Waals surface area contributed by atoms with Gasteiger partial charge in [-0.1, -0.05) is 105 Å². The van der Waals surface area contributed by atoms with Crippen LogP contribution in [0.1, 0.15) is 170 Å². The molecule has 0 saturated heterocycles. The molecule has 0 bridgehead atoms. The lowest BCUT2D eigenvalue weighted by atomic mass is 10.1. The molecule has 4 nitrogen and oxygen atoms in total. The summed E-state index contributed by atoms with van der Waals surface area (Å²) < 4.78 is 21.0. The molecule has 0 N–H and O–H groups in total. The number of nitrogens with zero attached hydrogens (tertiary/aromatic N) is 1.